The number of carboxylic acid groups (broad SMARTS) is 1. The van der Waals surface area contributed by atoms with E-state index in [2.05, 4.69) is 21.5 Å². The van der Waals surface area contributed by atoms with Crippen LogP contribution in [0.15, 0.2) is 36.5 Å². The van der Waals surface area contributed by atoms with E-state index in [1.54, 1.807) is 6.20 Å². The van der Waals surface area contributed by atoms with E-state index in [-0.39, 0.29) is 30.7 Å². The van der Waals surface area contributed by atoms with Crippen LogP contribution < -0.4 is 5.32 Å². The van der Waals surface area contributed by atoms with Crippen molar-refractivity contribution in [2.75, 3.05) is 0 Å². The van der Waals surface area contributed by atoms with Crippen molar-refractivity contribution in [1.82, 2.24) is 20.1 Å². The fraction of sp³-hybridized carbons (Fsp3) is 0.400. The summed E-state index contributed by atoms with van der Waals surface area (Å²) in [6.45, 7) is 4.03. The van der Waals surface area contributed by atoms with Crippen molar-refractivity contribution in [3.63, 3.8) is 0 Å². The molecular formula is C20H24N4O3. The first-order valence-corrected chi connectivity index (χ1v) is 9.12. The Bertz CT molecular complexity index is 858. The molecule has 0 radical (unpaired) electrons. The van der Waals surface area contributed by atoms with Crippen LogP contribution >= 0.6 is 0 Å². The highest BCUT2D eigenvalue weighted by atomic mass is 16.4. The van der Waals surface area contributed by atoms with Crippen LogP contribution in [0.5, 0.6) is 0 Å². The number of aliphatic carboxylic acids is 1. The fourth-order valence-electron chi connectivity index (χ4n) is 3.59. The van der Waals surface area contributed by atoms with Gasteiger partial charge >= 0.3 is 5.97 Å². The van der Waals surface area contributed by atoms with E-state index in [1.165, 1.54) is 5.56 Å². The first kappa shape index (κ1) is 18.8. The van der Waals surface area contributed by atoms with Crippen molar-refractivity contribution < 1.29 is 14.7 Å². The Morgan fingerprint density at radius 1 is 1.26 bits per heavy atom. The molecule has 0 aliphatic heterocycles. The standard InChI is InChI=1S/C20H24N4O3/c1-13-20(14(2)24(23-13)17-6-3-4-11-21-17)15-9-10-16(12-15)22-18(25)7-5-8-19(26)27/h3-4,6,9-11,15-16H,5,7-8,12H2,1-2H3,(H,22,25)(H,26,27)/t15-,16+/m0/s1. The van der Waals surface area contributed by atoms with E-state index >= 15 is 0 Å². The van der Waals surface area contributed by atoms with Gasteiger partial charge in [-0.25, -0.2) is 9.67 Å². The molecule has 0 unspecified atom stereocenters. The molecule has 0 fully saturated rings. The Hall–Kier alpha value is -2.96. The summed E-state index contributed by atoms with van der Waals surface area (Å²) in [4.78, 5) is 26.9. The lowest BCUT2D eigenvalue weighted by molar-refractivity contribution is -0.137. The Morgan fingerprint density at radius 3 is 2.78 bits per heavy atom. The van der Waals surface area contributed by atoms with Crippen LogP contribution in [-0.4, -0.2) is 37.8 Å². The number of aryl methyl sites for hydroxylation is 1. The van der Waals surface area contributed by atoms with E-state index in [1.807, 2.05) is 42.8 Å². The second kappa shape index (κ2) is 8.16. The van der Waals surface area contributed by atoms with Crippen LogP contribution in [0.4, 0.5) is 0 Å². The topological polar surface area (TPSA) is 97.1 Å². The van der Waals surface area contributed by atoms with Crippen LogP contribution in [0.1, 0.15) is 48.6 Å². The molecular weight excluding hydrogens is 344 g/mol. The molecule has 0 saturated carbocycles. The number of allylic oxidation sites excluding steroid dienone is 1. The largest absolute Gasteiger partial charge is 0.481 e. The maximum absolute atomic E-state index is 12.0. The van der Waals surface area contributed by atoms with Gasteiger partial charge in [0.05, 0.1) is 5.69 Å². The number of amides is 1. The molecule has 7 heteroatoms. The van der Waals surface area contributed by atoms with Crippen LogP contribution in [0, 0.1) is 13.8 Å². The van der Waals surface area contributed by atoms with Gasteiger partial charge < -0.3 is 10.4 Å². The predicted molar refractivity (Wildman–Crippen MR) is 101 cm³/mol. The number of rotatable bonds is 7. The van der Waals surface area contributed by atoms with Gasteiger partial charge in [0.1, 0.15) is 0 Å². The quantitative estimate of drug-likeness (QED) is 0.732. The van der Waals surface area contributed by atoms with E-state index < -0.39 is 5.97 Å². The lowest BCUT2D eigenvalue weighted by Crippen LogP contribution is -2.32. The second-order valence-corrected chi connectivity index (χ2v) is 6.83. The predicted octanol–water partition coefficient (Wildman–Crippen LogP) is 2.67. The van der Waals surface area contributed by atoms with Crippen molar-refractivity contribution >= 4 is 11.9 Å². The van der Waals surface area contributed by atoms with Crippen LogP contribution in [0.25, 0.3) is 5.82 Å². The average Bonchev–Trinajstić information content (AvgIpc) is 3.19. The summed E-state index contributed by atoms with van der Waals surface area (Å²) in [5, 5.41) is 16.3. The summed E-state index contributed by atoms with van der Waals surface area (Å²) in [7, 11) is 0. The molecule has 27 heavy (non-hydrogen) atoms. The highest BCUT2D eigenvalue weighted by Gasteiger charge is 2.27. The molecule has 0 aromatic carbocycles. The van der Waals surface area contributed by atoms with E-state index in [0.29, 0.717) is 6.42 Å². The summed E-state index contributed by atoms with van der Waals surface area (Å²) in [5.41, 5.74) is 3.18. The molecule has 1 amide bonds. The number of aromatic nitrogens is 3. The van der Waals surface area contributed by atoms with Crippen molar-refractivity contribution in [1.29, 1.82) is 0 Å². The van der Waals surface area contributed by atoms with E-state index in [9.17, 15) is 9.59 Å². The summed E-state index contributed by atoms with van der Waals surface area (Å²) < 4.78 is 1.86. The molecule has 1 aliphatic carbocycles. The van der Waals surface area contributed by atoms with Crippen molar-refractivity contribution in [3.8, 4) is 5.82 Å². The van der Waals surface area contributed by atoms with Gasteiger partial charge in [-0.1, -0.05) is 18.2 Å². The number of hydrogen-bond donors (Lipinski definition) is 2. The Balaban J connectivity index is 1.64. The Kier molecular flexibility index (Phi) is 5.69. The monoisotopic (exact) mass is 368 g/mol. The van der Waals surface area contributed by atoms with Gasteiger partial charge in [0, 0.05) is 42.3 Å². The minimum absolute atomic E-state index is 0.0155. The van der Waals surface area contributed by atoms with Gasteiger partial charge in [0.25, 0.3) is 0 Å². The number of pyridine rings is 1. The van der Waals surface area contributed by atoms with Crippen LogP contribution in [0.2, 0.25) is 0 Å². The minimum atomic E-state index is -0.875. The van der Waals surface area contributed by atoms with Gasteiger partial charge in [-0.15, -0.1) is 0 Å². The van der Waals surface area contributed by atoms with Crippen LogP contribution in [-0.2, 0) is 9.59 Å². The maximum Gasteiger partial charge on any atom is 0.303 e. The van der Waals surface area contributed by atoms with Gasteiger partial charge in [-0.05, 0) is 38.8 Å². The normalized spacial score (nSPS) is 18.6. The van der Waals surface area contributed by atoms with Gasteiger partial charge in [0.15, 0.2) is 5.82 Å². The van der Waals surface area contributed by atoms with E-state index in [4.69, 9.17) is 5.11 Å². The smallest absolute Gasteiger partial charge is 0.303 e. The molecule has 0 saturated heterocycles. The summed E-state index contributed by atoms with van der Waals surface area (Å²) in [5.74, 6) is -0.00920. The zero-order valence-corrected chi connectivity index (χ0v) is 15.6. The van der Waals surface area contributed by atoms with E-state index in [0.717, 1.165) is 23.6 Å². The fourth-order valence-corrected chi connectivity index (χ4v) is 3.59. The Morgan fingerprint density at radius 2 is 2.07 bits per heavy atom. The van der Waals surface area contributed by atoms with Crippen molar-refractivity contribution in [3.05, 3.63) is 53.5 Å². The zero-order valence-electron chi connectivity index (χ0n) is 15.6. The van der Waals surface area contributed by atoms with Crippen molar-refractivity contribution in [2.45, 2.75) is 51.5 Å². The van der Waals surface area contributed by atoms with Gasteiger partial charge in [-0.3, -0.25) is 9.59 Å². The number of carbonyl (C=O) groups is 2. The summed E-state index contributed by atoms with van der Waals surface area (Å²) >= 11 is 0. The lowest BCUT2D eigenvalue weighted by atomic mass is 9.96. The second-order valence-electron chi connectivity index (χ2n) is 6.83. The summed E-state index contributed by atoms with van der Waals surface area (Å²) in [6, 6.07) is 5.70. The SMILES string of the molecule is Cc1nn(-c2ccccn2)c(C)c1[C@H]1C=C[C@@H](NC(=O)CCCC(=O)O)C1. The third-order valence-corrected chi connectivity index (χ3v) is 4.81. The zero-order chi connectivity index (χ0) is 19.4. The highest BCUT2D eigenvalue weighted by molar-refractivity contribution is 5.77. The molecule has 142 valence electrons. The molecule has 7 nitrogen and oxygen atoms in total. The van der Waals surface area contributed by atoms with Crippen molar-refractivity contribution in [2.24, 2.45) is 0 Å². The molecule has 3 rings (SSSR count). The maximum atomic E-state index is 12.0. The first-order valence-electron chi connectivity index (χ1n) is 9.12. The lowest BCUT2D eigenvalue weighted by Gasteiger charge is -2.14. The minimum Gasteiger partial charge on any atom is -0.481 e. The summed E-state index contributed by atoms with van der Waals surface area (Å²) in [6.07, 6.45) is 7.25. The highest BCUT2D eigenvalue weighted by Crippen LogP contribution is 2.33. The number of hydrogen-bond acceptors (Lipinski definition) is 4. The number of nitrogens with one attached hydrogen (secondary N) is 1. The first-order chi connectivity index (χ1) is 13.0. The number of carbonyl (C=O) groups excluding carboxylic acids is 1. The molecule has 2 heterocycles. The molecule has 0 spiro atoms. The average molecular weight is 368 g/mol. The molecule has 1 aliphatic rings. The third-order valence-electron chi connectivity index (χ3n) is 4.81. The third kappa shape index (κ3) is 4.42. The molecule has 2 aromatic rings. The molecule has 2 atom stereocenters. The number of nitrogens with zero attached hydrogens (tertiary/aromatic N) is 3. The Labute approximate surface area is 158 Å². The van der Waals surface area contributed by atoms with Crippen LogP contribution in [0.3, 0.4) is 0 Å². The van der Waals surface area contributed by atoms with Gasteiger partial charge in [0.2, 0.25) is 5.91 Å². The van der Waals surface area contributed by atoms with Gasteiger partial charge in [-0.2, -0.15) is 5.10 Å². The molecule has 0 bridgehead atoms. The molecule has 2 N–H and O–H groups in total. The number of carboxylic acids is 1. The molecule has 2 aromatic heterocycles.